The number of ketones is 1. The lowest BCUT2D eigenvalue weighted by molar-refractivity contribution is -0.152. The van der Waals surface area contributed by atoms with Gasteiger partial charge in [-0.1, -0.05) is 20.8 Å². The van der Waals surface area contributed by atoms with E-state index in [4.69, 9.17) is 0 Å². The van der Waals surface area contributed by atoms with Gasteiger partial charge in [0.1, 0.15) is 0 Å². The molecule has 0 radical (unpaired) electrons. The molecule has 1 heterocycles. The molecule has 1 fully saturated rings. The number of nitrogens with zero attached hydrogens (tertiary/aromatic N) is 1. The molecular formula is C10H15NO3. The molecule has 2 amide bonds. The molecule has 4 heteroatoms. The van der Waals surface area contributed by atoms with Gasteiger partial charge < -0.3 is 0 Å². The minimum absolute atomic E-state index is 0.229. The molecule has 0 bridgehead atoms. The third-order valence-corrected chi connectivity index (χ3v) is 2.19. The van der Waals surface area contributed by atoms with E-state index < -0.39 is 17.1 Å². The molecule has 0 atom stereocenters. The predicted octanol–water partition coefficient (Wildman–Crippen LogP) is 0.751. The van der Waals surface area contributed by atoms with Gasteiger partial charge in [-0.15, -0.1) is 0 Å². The summed E-state index contributed by atoms with van der Waals surface area (Å²) in [6.07, 6.45) is 1.05. The third-order valence-electron chi connectivity index (χ3n) is 2.19. The fraction of sp³-hybridized carbons (Fsp3) is 0.700. The number of imide groups is 1. The van der Waals surface area contributed by atoms with Gasteiger partial charge in [-0.3, -0.25) is 19.3 Å². The van der Waals surface area contributed by atoms with Crippen molar-refractivity contribution in [3.63, 3.8) is 0 Å². The molecule has 14 heavy (non-hydrogen) atoms. The first-order chi connectivity index (χ1) is 6.34. The second kappa shape index (κ2) is 3.52. The van der Waals surface area contributed by atoms with Crippen molar-refractivity contribution in [2.45, 2.75) is 33.6 Å². The van der Waals surface area contributed by atoms with Crippen LogP contribution in [0.5, 0.6) is 0 Å². The molecule has 1 saturated heterocycles. The largest absolute Gasteiger partial charge is 0.297 e. The lowest BCUT2D eigenvalue weighted by atomic mass is 9.90. The molecule has 1 aliphatic rings. The zero-order valence-electron chi connectivity index (χ0n) is 8.79. The van der Waals surface area contributed by atoms with Crippen LogP contribution in [0, 0.1) is 5.41 Å². The standard InChI is InChI=1S/C10H15NO3/c1-10(2,3)8(13)9(14)11-6-4-5-7(11)12/h4-6H2,1-3H3. The number of hydrogen-bond acceptors (Lipinski definition) is 3. The minimum Gasteiger partial charge on any atom is -0.288 e. The SMILES string of the molecule is CC(C)(C)C(=O)C(=O)N1CCCC1=O. The van der Waals surface area contributed by atoms with E-state index in [0.717, 1.165) is 4.90 Å². The van der Waals surface area contributed by atoms with E-state index in [1.165, 1.54) is 0 Å². The normalized spacial score (nSPS) is 17.4. The lowest BCUT2D eigenvalue weighted by Crippen LogP contribution is -2.42. The number of likely N-dealkylation sites (tertiary alicyclic amines) is 1. The molecule has 78 valence electrons. The van der Waals surface area contributed by atoms with Gasteiger partial charge in [0.25, 0.3) is 5.91 Å². The molecule has 0 aliphatic carbocycles. The van der Waals surface area contributed by atoms with Gasteiger partial charge in [-0.05, 0) is 6.42 Å². The Labute approximate surface area is 83.3 Å². The van der Waals surface area contributed by atoms with Crippen LogP contribution in [0.4, 0.5) is 0 Å². The van der Waals surface area contributed by atoms with Gasteiger partial charge in [0.15, 0.2) is 0 Å². The van der Waals surface area contributed by atoms with Crippen LogP contribution in [0.25, 0.3) is 0 Å². The van der Waals surface area contributed by atoms with E-state index in [0.29, 0.717) is 19.4 Å². The first-order valence-corrected chi connectivity index (χ1v) is 4.73. The third kappa shape index (κ3) is 2.00. The van der Waals surface area contributed by atoms with Crippen molar-refractivity contribution in [1.29, 1.82) is 0 Å². The molecule has 0 aromatic carbocycles. The fourth-order valence-electron chi connectivity index (χ4n) is 1.31. The van der Waals surface area contributed by atoms with Crippen molar-refractivity contribution in [3.8, 4) is 0 Å². The molecule has 0 aromatic heterocycles. The van der Waals surface area contributed by atoms with Gasteiger partial charge in [0, 0.05) is 18.4 Å². The summed E-state index contributed by atoms with van der Waals surface area (Å²) in [7, 11) is 0. The highest BCUT2D eigenvalue weighted by Gasteiger charge is 2.36. The summed E-state index contributed by atoms with van der Waals surface area (Å²) in [4.78, 5) is 35.4. The average molecular weight is 197 g/mol. The summed E-state index contributed by atoms with van der Waals surface area (Å²) in [5.41, 5.74) is -0.708. The summed E-state index contributed by atoms with van der Waals surface area (Å²) in [6.45, 7) is 5.41. The van der Waals surface area contributed by atoms with Crippen LogP contribution in [0.1, 0.15) is 33.6 Å². The quantitative estimate of drug-likeness (QED) is 0.583. The zero-order valence-corrected chi connectivity index (χ0v) is 8.79. The molecule has 1 rings (SSSR count). The first kappa shape index (κ1) is 10.9. The van der Waals surface area contributed by atoms with Crippen LogP contribution in [-0.2, 0) is 14.4 Å². The summed E-state index contributed by atoms with van der Waals surface area (Å²) in [5.74, 6) is -1.37. The van der Waals surface area contributed by atoms with E-state index in [1.807, 2.05) is 0 Å². The van der Waals surface area contributed by atoms with Gasteiger partial charge >= 0.3 is 0 Å². The monoisotopic (exact) mass is 197 g/mol. The van der Waals surface area contributed by atoms with Gasteiger partial charge in [-0.2, -0.15) is 0 Å². The zero-order chi connectivity index (χ0) is 10.9. The molecule has 0 spiro atoms. The Morgan fingerprint density at radius 3 is 2.21 bits per heavy atom. The van der Waals surface area contributed by atoms with Crippen molar-refractivity contribution < 1.29 is 14.4 Å². The van der Waals surface area contributed by atoms with Crippen molar-refractivity contribution >= 4 is 17.6 Å². The molecule has 1 aliphatic heterocycles. The Kier molecular flexibility index (Phi) is 2.73. The van der Waals surface area contributed by atoms with E-state index in [-0.39, 0.29) is 5.91 Å². The highest BCUT2D eigenvalue weighted by molar-refractivity contribution is 6.40. The molecular weight excluding hydrogens is 182 g/mol. The number of rotatable bonds is 1. The van der Waals surface area contributed by atoms with Crippen LogP contribution in [0.2, 0.25) is 0 Å². The van der Waals surface area contributed by atoms with Gasteiger partial charge in [-0.25, -0.2) is 0 Å². The molecule has 0 aromatic rings. The maximum Gasteiger partial charge on any atom is 0.297 e. The summed E-state index contributed by atoms with van der Waals surface area (Å²) >= 11 is 0. The van der Waals surface area contributed by atoms with Gasteiger partial charge in [0.2, 0.25) is 11.7 Å². The van der Waals surface area contributed by atoms with Crippen molar-refractivity contribution in [1.82, 2.24) is 4.90 Å². The summed E-state index contributed by atoms with van der Waals surface area (Å²) in [5, 5.41) is 0. The highest BCUT2D eigenvalue weighted by atomic mass is 16.2. The number of amides is 2. The second-order valence-corrected chi connectivity index (χ2v) is 4.53. The van der Waals surface area contributed by atoms with E-state index >= 15 is 0 Å². The maximum atomic E-state index is 11.6. The van der Waals surface area contributed by atoms with Crippen molar-refractivity contribution in [3.05, 3.63) is 0 Å². The Morgan fingerprint density at radius 2 is 1.86 bits per heavy atom. The average Bonchev–Trinajstić information content (AvgIpc) is 2.47. The predicted molar refractivity (Wildman–Crippen MR) is 50.4 cm³/mol. The molecule has 0 N–H and O–H groups in total. The number of Topliss-reactive ketones (excluding diaryl/α,β-unsaturated/α-hetero) is 1. The van der Waals surface area contributed by atoms with E-state index in [1.54, 1.807) is 20.8 Å². The fourth-order valence-corrected chi connectivity index (χ4v) is 1.31. The number of carbonyl (C=O) groups is 3. The Hall–Kier alpha value is -1.19. The lowest BCUT2D eigenvalue weighted by Gasteiger charge is -2.19. The van der Waals surface area contributed by atoms with Crippen LogP contribution in [-0.4, -0.2) is 29.0 Å². The summed E-state index contributed by atoms with van der Waals surface area (Å²) in [6, 6.07) is 0. The smallest absolute Gasteiger partial charge is 0.288 e. The number of carbonyl (C=O) groups excluding carboxylic acids is 3. The van der Waals surface area contributed by atoms with E-state index in [2.05, 4.69) is 0 Å². The Morgan fingerprint density at radius 1 is 1.29 bits per heavy atom. The van der Waals surface area contributed by atoms with Crippen LogP contribution in [0.3, 0.4) is 0 Å². The van der Waals surface area contributed by atoms with Crippen LogP contribution in [0.15, 0.2) is 0 Å². The maximum absolute atomic E-state index is 11.6. The molecule has 0 saturated carbocycles. The first-order valence-electron chi connectivity index (χ1n) is 4.73. The summed E-state index contributed by atoms with van der Waals surface area (Å²) < 4.78 is 0. The molecule has 4 nitrogen and oxygen atoms in total. The number of hydrogen-bond donors (Lipinski definition) is 0. The Bertz CT molecular complexity index is 288. The van der Waals surface area contributed by atoms with Crippen LogP contribution >= 0.6 is 0 Å². The van der Waals surface area contributed by atoms with Crippen LogP contribution < -0.4 is 0 Å². The van der Waals surface area contributed by atoms with Crippen molar-refractivity contribution in [2.24, 2.45) is 5.41 Å². The minimum atomic E-state index is -0.708. The van der Waals surface area contributed by atoms with E-state index in [9.17, 15) is 14.4 Å². The van der Waals surface area contributed by atoms with Gasteiger partial charge in [0.05, 0.1) is 0 Å². The Balaban J connectivity index is 2.75. The second-order valence-electron chi connectivity index (χ2n) is 4.53. The molecule has 0 unspecified atom stereocenters. The highest BCUT2D eigenvalue weighted by Crippen LogP contribution is 2.18. The topological polar surface area (TPSA) is 54.5 Å². The van der Waals surface area contributed by atoms with Crippen molar-refractivity contribution in [2.75, 3.05) is 6.54 Å².